The molecule has 1 aromatic carbocycles. The van der Waals surface area contributed by atoms with E-state index in [2.05, 4.69) is 0 Å². The van der Waals surface area contributed by atoms with E-state index in [0.29, 0.717) is 10.9 Å². The number of aliphatic hydroxyl groups is 1. The van der Waals surface area contributed by atoms with Crippen LogP contribution in [0, 0.1) is 17.7 Å². The summed E-state index contributed by atoms with van der Waals surface area (Å²) in [5, 5.41) is 9.95. The van der Waals surface area contributed by atoms with Crippen LogP contribution in [0.4, 0.5) is 4.39 Å². The average Bonchev–Trinajstić information content (AvgIpc) is 2.81. The molecule has 0 bridgehead atoms. The van der Waals surface area contributed by atoms with Crippen LogP contribution in [0.2, 0.25) is 5.02 Å². The molecule has 1 fully saturated rings. The highest BCUT2D eigenvalue weighted by Gasteiger charge is 2.25. The van der Waals surface area contributed by atoms with Gasteiger partial charge in [-0.3, -0.25) is 0 Å². The van der Waals surface area contributed by atoms with Crippen molar-refractivity contribution in [2.75, 3.05) is 6.61 Å². The van der Waals surface area contributed by atoms with Gasteiger partial charge in [0.15, 0.2) is 0 Å². The van der Waals surface area contributed by atoms with Crippen molar-refractivity contribution in [2.45, 2.75) is 32.1 Å². The first-order valence-corrected chi connectivity index (χ1v) is 6.63. The fraction of sp³-hybridized carbons (Fsp3) is 0.571. The van der Waals surface area contributed by atoms with E-state index in [4.69, 9.17) is 11.6 Å². The minimum absolute atomic E-state index is 0.193. The second-order valence-corrected chi connectivity index (χ2v) is 5.33. The fourth-order valence-corrected chi connectivity index (χ4v) is 3.02. The molecule has 0 aromatic heterocycles. The minimum Gasteiger partial charge on any atom is -0.396 e. The number of hydrogen-bond donors (Lipinski definition) is 1. The standard InChI is InChI=1S/C14H18ClFO/c15-14-8-13(16)6-5-11(14)7-12(9-17)10-3-1-2-4-10/h5-6,8,10,12,17H,1-4,7,9H2. The molecule has 0 radical (unpaired) electrons. The monoisotopic (exact) mass is 256 g/mol. The van der Waals surface area contributed by atoms with E-state index < -0.39 is 0 Å². The van der Waals surface area contributed by atoms with Crippen LogP contribution in [0.3, 0.4) is 0 Å². The van der Waals surface area contributed by atoms with Crippen molar-refractivity contribution >= 4 is 11.6 Å². The van der Waals surface area contributed by atoms with Crippen molar-refractivity contribution < 1.29 is 9.50 Å². The first-order chi connectivity index (χ1) is 8.20. The van der Waals surface area contributed by atoms with Gasteiger partial charge in [-0.2, -0.15) is 0 Å². The second-order valence-electron chi connectivity index (χ2n) is 4.93. The molecule has 1 aromatic rings. The molecule has 1 aliphatic rings. The maximum Gasteiger partial charge on any atom is 0.124 e. The lowest BCUT2D eigenvalue weighted by Gasteiger charge is -2.21. The first-order valence-electron chi connectivity index (χ1n) is 6.25. The third kappa shape index (κ3) is 3.20. The summed E-state index contributed by atoms with van der Waals surface area (Å²) in [7, 11) is 0. The summed E-state index contributed by atoms with van der Waals surface area (Å²) in [6, 6.07) is 4.51. The van der Waals surface area contributed by atoms with Crippen LogP contribution < -0.4 is 0 Å². The predicted octanol–water partition coefficient (Wildman–Crippen LogP) is 3.82. The summed E-state index contributed by atoms with van der Waals surface area (Å²) in [5.41, 5.74) is 0.944. The SMILES string of the molecule is OCC(Cc1ccc(F)cc1Cl)C1CCCC1. The van der Waals surface area contributed by atoms with E-state index >= 15 is 0 Å². The highest BCUT2D eigenvalue weighted by molar-refractivity contribution is 6.31. The summed E-state index contributed by atoms with van der Waals surface area (Å²) < 4.78 is 12.9. The van der Waals surface area contributed by atoms with Crippen molar-refractivity contribution in [3.05, 3.63) is 34.6 Å². The number of aliphatic hydroxyl groups excluding tert-OH is 1. The molecule has 0 aliphatic heterocycles. The molecule has 1 unspecified atom stereocenters. The Morgan fingerprint density at radius 3 is 2.65 bits per heavy atom. The lowest BCUT2D eigenvalue weighted by atomic mass is 9.86. The maximum atomic E-state index is 12.9. The molecule has 94 valence electrons. The number of hydrogen-bond acceptors (Lipinski definition) is 1. The van der Waals surface area contributed by atoms with E-state index in [-0.39, 0.29) is 18.3 Å². The molecular formula is C14H18ClFO. The van der Waals surface area contributed by atoms with Gasteiger partial charge in [-0.1, -0.05) is 43.4 Å². The molecule has 17 heavy (non-hydrogen) atoms. The predicted molar refractivity (Wildman–Crippen MR) is 67.6 cm³/mol. The van der Waals surface area contributed by atoms with Crippen LogP contribution in [-0.2, 0) is 6.42 Å². The molecule has 1 aliphatic carbocycles. The molecule has 0 saturated heterocycles. The smallest absolute Gasteiger partial charge is 0.124 e. The van der Waals surface area contributed by atoms with Crippen LogP contribution in [-0.4, -0.2) is 11.7 Å². The molecule has 1 saturated carbocycles. The van der Waals surface area contributed by atoms with Crippen LogP contribution in [0.25, 0.3) is 0 Å². The zero-order chi connectivity index (χ0) is 12.3. The summed E-state index contributed by atoms with van der Waals surface area (Å²) >= 11 is 6.02. The Balaban J connectivity index is 2.06. The Labute approximate surface area is 107 Å². The lowest BCUT2D eigenvalue weighted by molar-refractivity contribution is 0.175. The van der Waals surface area contributed by atoms with Crippen LogP contribution in [0.5, 0.6) is 0 Å². The lowest BCUT2D eigenvalue weighted by Crippen LogP contribution is -2.18. The highest BCUT2D eigenvalue weighted by Crippen LogP contribution is 2.34. The summed E-state index contributed by atoms with van der Waals surface area (Å²) in [4.78, 5) is 0. The Morgan fingerprint density at radius 1 is 1.35 bits per heavy atom. The molecule has 0 spiro atoms. The maximum absolute atomic E-state index is 12.9. The van der Waals surface area contributed by atoms with E-state index in [1.165, 1.54) is 37.8 Å². The molecule has 2 rings (SSSR count). The van der Waals surface area contributed by atoms with Gasteiger partial charge in [0, 0.05) is 11.6 Å². The van der Waals surface area contributed by atoms with Crippen LogP contribution >= 0.6 is 11.6 Å². The number of rotatable bonds is 4. The molecule has 1 nitrogen and oxygen atoms in total. The second kappa shape index (κ2) is 5.83. The van der Waals surface area contributed by atoms with E-state index in [0.717, 1.165) is 12.0 Å². The molecule has 1 atom stereocenters. The third-order valence-electron chi connectivity index (χ3n) is 3.80. The highest BCUT2D eigenvalue weighted by atomic mass is 35.5. The van der Waals surface area contributed by atoms with Crippen LogP contribution in [0.1, 0.15) is 31.2 Å². The van der Waals surface area contributed by atoms with Crippen molar-refractivity contribution in [2.24, 2.45) is 11.8 Å². The molecule has 3 heteroatoms. The largest absolute Gasteiger partial charge is 0.396 e. The Kier molecular flexibility index (Phi) is 4.41. The summed E-state index contributed by atoms with van der Waals surface area (Å²) in [6.45, 7) is 0.193. The quantitative estimate of drug-likeness (QED) is 0.868. The van der Waals surface area contributed by atoms with Gasteiger partial charge in [0.25, 0.3) is 0 Å². The first kappa shape index (κ1) is 12.8. The van der Waals surface area contributed by atoms with Gasteiger partial charge in [-0.15, -0.1) is 0 Å². The minimum atomic E-state index is -0.305. The van der Waals surface area contributed by atoms with Gasteiger partial charge >= 0.3 is 0 Å². The van der Waals surface area contributed by atoms with Crippen LogP contribution in [0.15, 0.2) is 18.2 Å². The summed E-state index contributed by atoms with van der Waals surface area (Å²) in [6.07, 6.45) is 5.67. The summed E-state index contributed by atoms with van der Waals surface area (Å²) in [5.74, 6) is 0.557. The van der Waals surface area contributed by atoms with E-state index in [1.807, 2.05) is 0 Å². The number of halogens is 2. The van der Waals surface area contributed by atoms with Gasteiger partial charge in [0.2, 0.25) is 0 Å². The molecule has 1 N–H and O–H groups in total. The van der Waals surface area contributed by atoms with Gasteiger partial charge in [0.05, 0.1) is 0 Å². The van der Waals surface area contributed by atoms with Gasteiger partial charge in [-0.05, 0) is 36.0 Å². The zero-order valence-corrected chi connectivity index (χ0v) is 10.6. The normalized spacial score (nSPS) is 18.5. The van der Waals surface area contributed by atoms with Crippen molar-refractivity contribution in [1.82, 2.24) is 0 Å². The molecule has 0 heterocycles. The van der Waals surface area contributed by atoms with Crippen molar-refractivity contribution in [3.8, 4) is 0 Å². The van der Waals surface area contributed by atoms with Crippen molar-refractivity contribution in [3.63, 3.8) is 0 Å². The Hall–Kier alpha value is -0.600. The average molecular weight is 257 g/mol. The van der Waals surface area contributed by atoms with Gasteiger partial charge < -0.3 is 5.11 Å². The van der Waals surface area contributed by atoms with E-state index in [1.54, 1.807) is 6.07 Å². The fourth-order valence-electron chi connectivity index (χ4n) is 2.78. The van der Waals surface area contributed by atoms with Gasteiger partial charge in [0.1, 0.15) is 5.82 Å². The topological polar surface area (TPSA) is 20.2 Å². The molecular weight excluding hydrogens is 239 g/mol. The van der Waals surface area contributed by atoms with Gasteiger partial charge in [-0.25, -0.2) is 4.39 Å². The third-order valence-corrected chi connectivity index (χ3v) is 4.15. The number of benzene rings is 1. The zero-order valence-electron chi connectivity index (χ0n) is 9.83. The Bertz CT molecular complexity index is 374. The molecule has 0 amide bonds. The Morgan fingerprint density at radius 2 is 2.06 bits per heavy atom. The van der Waals surface area contributed by atoms with E-state index in [9.17, 15) is 9.50 Å². The van der Waals surface area contributed by atoms with Crippen molar-refractivity contribution in [1.29, 1.82) is 0 Å².